The van der Waals surface area contributed by atoms with E-state index in [9.17, 15) is 13.2 Å². The summed E-state index contributed by atoms with van der Waals surface area (Å²) in [6.45, 7) is 1.77. The molecule has 1 aromatic rings. The Morgan fingerprint density at radius 3 is 2.79 bits per heavy atom. The first-order chi connectivity index (χ1) is 9.03. The number of hydrogen-bond acceptors (Lipinski definition) is 3. The molecule has 0 saturated heterocycles. The fourth-order valence-electron chi connectivity index (χ4n) is 1.76. The van der Waals surface area contributed by atoms with Crippen LogP contribution in [-0.2, 0) is 4.74 Å². The molecule has 0 bridgehead atoms. The maximum absolute atomic E-state index is 11.8. The Labute approximate surface area is 116 Å². The smallest absolute Gasteiger partial charge is 0.372 e. The Morgan fingerprint density at radius 2 is 2.21 bits per heavy atom. The molecule has 0 aliphatic heterocycles. The van der Waals surface area contributed by atoms with Crippen LogP contribution in [0.3, 0.4) is 0 Å². The summed E-state index contributed by atoms with van der Waals surface area (Å²) in [6.07, 6.45) is -1.54. The first kappa shape index (κ1) is 16.5. The van der Waals surface area contributed by atoms with Gasteiger partial charge >= 0.3 is 6.18 Å². The molecule has 1 atom stereocenters. The molecule has 0 radical (unpaired) electrons. The summed E-state index contributed by atoms with van der Waals surface area (Å²) in [4.78, 5) is 1.28. The summed E-state index contributed by atoms with van der Waals surface area (Å²) in [5.41, 5.74) is 0. The van der Waals surface area contributed by atoms with Crippen LogP contribution in [0.25, 0.3) is 0 Å². The molecule has 0 amide bonds. The first-order valence-corrected chi connectivity index (χ1v) is 7.32. The lowest BCUT2D eigenvalue weighted by molar-refractivity contribution is -0.173. The summed E-state index contributed by atoms with van der Waals surface area (Å²) in [7, 11) is 0. The van der Waals surface area contributed by atoms with Crippen molar-refractivity contribution in [3.05, 3.63) is 22.4 Å². The van der Waals surface area contributed by atoms with Crippen molar-refractivity contribution in [1.82, 2.24) is 5.32 Å². The molecule has 0 aliphatic carbocycles. The highest BCUT2D eigenvalue weighted by atomic mass is 32.1. The van der Waals surface area contributed by atoms with Gasteiger partial charge in [0.15, 0.2) is 0 Å². The van der Waals surface area contributed by atoms with Gasteiger partial charge in [0.25, 0.3) is 0 Å². The van der Waals surface area contributed by atoms with Crippen LogP contribution in [0.5, 0.6) is 0 Å². The molecule has 6 heteroatoms. The monoisotopic (exact) mass is 295 g/mol. The highest BCUT2D eigenvalue weighted by molar-refractivity contribution is 7.10. The van der Waals surface area contributed by atoms with Crippen molar-refractivity contribution in [3.8, 4) is 0 Å². The van der Waals surface area contributed by atoms with Crippen molar-refractivity contribution >= 4 is 11.3 Å². The first-order valence-electron chi connectivity index (χ1n) is 6.44. The van der Waals surface area contributed by atoms with Crippen LogP contribution in [0, 0.1) is 0 Å². The molecular weight excluding hydrogens is 275 g/mol. The van der Waals surface area contributed by atoms with Gasteiger partial charge in [0, 0.05) is 17.5 Å². The van der Waals surface area contributed by atoms with E-state index >= 15 is 0 Å². The Kier molecular flexibility index (Phi) is 7.41. The minimum Gasteiger partial charge on any atom is -0.372 e. The lowest BCUT2D eigenvalue weighted by atomic mass is 10.1. The number of ether oxygens (including phenoxy) is 1. The molecule has 0 spiro atoms. The van der Waals surface area contributed by atoms with E-state index < -0.39 is 12.8 Å². The van der Waals surface area contributed by atoms with Gasteiger partial charge in [0.05, 0.1) is 0 Å². The van der Waals surface area contributed by atoms with E-state index in [1.54, 1.807) is 11.3 Å². The molecule has 19 heavy (non-hydrogen) atoms. The number of nitrogens with one attached hydrogen (secondary N) is 1. The Bertz CT molecular complexity index is 327. The zero-order valence-corrected chi connectivity index (χ0v) is 11.8. The summed E-state index contributed by atoms with van der Waals surface area (Å²) in [6, 6.07) is 4.39. The summed E-state index contributed by atoms with van der Waals surface area (Å²) >= 11 is 1.70. The third kappa shape index (κ3) is 7.54. The molecule has 1 rings (SSSR count). The van der Waals surface area contributed by atoms with Crippen molar-refractivity contribution in [1.29, 1.82) is 0 Å². The van der Waals surface area contributed by atoms with E-state index in [1.807, 2.05) is 11.4 Å². The van der Waals surface area contributed by atoms with E-state index in [0.29, 0.717) is 19.0 Å². The van der Waals surface area contributed by atoms with Crippen LogP contribution in [0.4, 0.5) is 13.2 Å². The highest BCUT2D eigenvalue weighted by Gasteiger charge is 2.27. The standard InChI is InChI=1S/C13H20F3NOS/c1-2-5-11(12-6-3-9-19-12)17-7-4-8-18-10-13(14,15)16/h3,6,9,11,17H,2,4-5,7-8,10H2,1H3. The molecule has 1 aromatic heterocycles. The Morgan fingerprint density at radius 1 is 1.42 bits per heavy atom. The highest BCUT2D eigenvalue weighted by Crippen LogP contribution is 2.23. The number of thiophene rings is 1. The minimum absolute atomic E-state index is 0.135. The van der Waals surface area contributed by atoms with Crippen LogP contribution in [0.2, 0.25) is 0 Å². The van der Waals surface area contributed by atoms with Crippen molar-refractivity contribution in [3.63, 3.8) is 0 Å². The normalized spacial score (nSPS) is 13.7. The molecule has 1 unspecified atom stereocenters. The molecule has 2 nitrogen and oxygen atoms in total. The number of hydrogen-bond donors (Lipinski definition) is 1. The van der Waals surface area contributed by atoms with Crippen LogP contribution < -0.4 is 5.32 Å². The Balaban J connectivity index is 2.16. The summed E-state index contributed by atoms with van der Waals surface area (Å²) in [5, 5.41) is 5.40. The maximum atomic E-state index is 11.8. The van der Waals surface area contributed by atoms with Crippen molar-refractivity contribution in [2.75, 3.05) is 19.8 Å². The second-order valence-electron chi connectivity index (χ2n) is 4.33. The van der Waals surface area contributed by atoms with E-state index in [-0.39, 0.29) is 6.61 Å². The molecule has 0 fully saturated rings. The lowest BCUT2D eigenvalue weighted by Crippen LogP contribution is -2.23. The van der Waals surface area contributed by atoms with E-state index in [1.165, 1.54) is 4.88 Å². The molecule has 0 aromatic carbocycles. The topological polar surface area (TPSA) is 21.3 Å². The summed E-state index contributed by atoms with van der Waals surface area (Å²) < 4.78 is 40.1. The predicted octanol–water partition coefficient (Wildman–Crippen LogP) is 4.15. The van der Waals surface area contributed by atoms with Gasteiger partial charge in [-0.05, 0) is 30.8 Å². The van der Waals surface area contributed by atoms with E-state index in [0.717, 1.165) is 12.8 Å². The largest absolute Gasteiger partial charge is 0.411 e. The molecule has 1 N–H and O–H groups in total. The van der Waals surface area contributed by atoms with Crippen molar-refractivity contribution in [2.24, 2.45) is 0 Å². The van der Waals surface area contributed by atoms with Crippen LogP contribution >= 0.6 is 11.3 Å². The Hall–Kier alpha value is -0.590. The van der Waals surface area contributed by atoms with Crippen molar-refractivity contribution in [2.45, 2.75) is 38.4 Å². The van der Waals surface area contributed by atoms with Crippen LogP contribution in [0.1, 0.15) is 37.1 Å². The second kappa shape index (κ2) is 8.55. The fourth-order valence-corrected chi connectivity index (χ4v) is 2.60. The minimum atomic E-state index is -4.23. The average Bonchev–Trinajstić information content (AvgIpc) is 2.84. The van der Waals surface area contributed by atoms with Gasteiger partial charge in [-0.2, -0.15) is 13.2 Å². The van der Waals surface area contributed by atoms with Crippen LogP contribution in [0.15, 0.2) is 17.5 Å². The van der Waals surface area contributed by atoms with Crippen molar-refractivity contribution < 1.29 is 17.9 Å². The second-order valence-corrected chi connectivity index (χ2v) is 5.31. The van der Waals surface area contributed by atoms with Gasteiger partial charge in [0.2, 0.25) is 0 Å². The maximum Gasteiger partial charge on any atom is 0.411 e. The molecule has 0 aliphatic rings. The van der Waals surface area contributed by atoms with E-state index in [4.69, 9.17) is 0 Å². The van der Waals surface area contributed by atoms with Gasteiger partial charge in [-0.15, -0.1) is 11.3 Å². The molecule has 0 saturated carbocycles. The fraction of sp³-hybridized carbons (Fsp3) is 0.692. The number of rotatable bonds is 9. The van der Waals surface area contributed by atoms with Gasteiger partial charge in [0.1, 0.15) is 6.61 Å². The lowest BCUT2D eigenvalue weighted by Gasteiger charge is -2.16. The number of halogens is 3. The van der Waals surface area contributed by atoms with Gasteiger partial charge in [-0.1, -0.05) is 19.4 Å². The third-order valence-corrected chi connectivity index (χ3v) is 3.57. The van der Waals surface area contributed by atoms with Gasteiger partial charge < -0.3 is 10.1 Å². The molecular formula is C13H20F3NOS. The SMILES string of the molecule is CCCC(NCCCOCC(F)(F)F)c1cccs1. The van der Waals surface area contributed by atoms with Crippen LogP contribution in [-0.4, -0.2) is 25.9 Å². The summed E-state index contributed by atoms with van der Waals surface area (Å²) in [5.74, 6) is 0. The zero-order valence-electron chi connectivity index (χ0n) is 11.0. The van der Waals surface area contributed by atoms with Gasteiger partial charge in [-0.25, -0.2) is 0 Å². The number of alkyl halides is 3. The van der Waals surface area contributed by atoms with E-state index in [2.05, 4.69) is 23.0 Å². The predicted molar refractivity (Wildman–Crippen MR) is 71.5 cm³/mol. The molecule has 110 valence electrons. The zero-order chi connectivity index (χ0) is 14.1. The van der Waals surface area contributed by atoms with Gasteiger partial charge in [-0.3, -0.25) is 0 Å². The molecule has 1 heterocycles. The quantitative estimate of drug-likeness (QED) is 0.691. The average molecular weight is 295 g/mol. The third-order valence-electron chi connectivity index (χ3n) is 2.59.